The van der Waals surface area contributed by atoms with Crippen LogP contribution in [0.3, 0.4) is 0 Å². The van der Waals surface area contributed by atoms with E-state index in [1.807, 2.05) is 18.3 Å². The quantitative estimate of drug-likeness (QED) is 0.462. The molecule has 2 heteroatoms. The molecule has 1 N–H and O–H groups in total. The van der Waals surface area contributed by atoms with Gasteiger partial charge >= 0.3 is 0 Å². The Morgan fingerprint density at radius 3 is 2.56 bits per heavy atom. The maximum atomic E-state index is 5.77. The Balaban J connectivity index is 2.30. The van der Waals surface area contributed by atoms with Gasteiger partial charge in [-0.15, -0.1) is 0 Å². The van der Waals surface area contributed by atoms with E-state index in [1.54, 1.807) is 0 Å². The zero-order valence-corrected chi connectivity index (χ0v) is 8.53. The first kappa shape index (κ1) is 7.99. The number of H-pyrrole nitrogens is 1. The highest BCUT2D eigenvalue weighted by molar-refractivity contribution is 6.08. The number of fused-ring (bicyclic) bond motifs is 4. The summed E-state index contributed by atoms with van der Waals surface area (Å²) < 4.78 is 5.77. The molecule has 0 aliphatic heterocycles. The van der Waals surface area contributed by atoms with Crippen LogP contribution in [0.5, 0.6) is 0 Å². The van der Waals surface area contributed by atoms with Crippen LogP contribution in [0.1, 0.15) is 0 Å². The molecule has 0 bridgehead atoms. The van der Waals surface area contributed by atoms with E-state index in [0.29, 0.717) is 0 Å². The molecule has 0 saturated carbocycles. The maximum Gasteiger partial charge on any atom is 0.153 e. The fourth-order valence-corrected chi connectivity index (χ4v) is 2.27. The molecule has 0 radical (unpaired) electrons. The first-order valence-corrected chi connectivity index (χ1v) is 5.30. The van der Waals surface area contributed by atoms with Crippen LogP contribution < -0.4 is 0 Å². The van der Waals surface area contributed by atoms with Crippen molar-refractivity contribution in [3.63, 3.8) is 0 Å². The van der Waals surface area contributed by atoms with Crippen LogP contribution in [-0.2, 0) is 0 Å². The van der Waals surface area contributed by atoms with Crippen molar-refractivity contribution < 1.29 is 4.42 Å². The van der Waals surface area contributed by atoms with E-state index in [0.717, 1.165) is 22.1 Å². The average Bonchev–Trinajstić information content (AvgIpc) is 2.86. The molecule has 4 rings (SSSR count). The van der Waals surface area contributed by atoms with Gasteiger partial charge in [0.2, 0.25) is 0 Å². The Kier molecular flexibility index (Phi) is 1.33. The second-order valence-electron chi connectivity index (χ2n) is 4.01. The second kappa shape index (κ2) is 2.67. The van der Waals surface area contributed by atoms with Gasteiger partial charge in [-0.2, -0.15) is 0 Å². The van der Waals surface area contributed by atoms with Gasteiger partial charge in [-0.1, -0.05) is 24.3 Å². The summed E-state index contributed by atoms with van der Waals surface area (Å²) in [5.41, 5.74) is 2.95. The topological polar surface area (TPSA) is 28.9 Å². The number of rotatable bonds is 0. The minimum atomic E-state index is 0.922. The van der Waals surface area contributed by atoms with Crippen molar-refractivity contribution in [2.24, 2.45) is 0 Å². The molecule has 0 aliphatic carbocycles. The summed E-state index contributed by atoms with van der Waals surface area (Å²) in [5, 5.41) is 3.61. The molecule has 2 nitrogen and oxygen atoms in total. The molecule has 2 aromatic heterocycles. The van der Waals surface area contributed by atoms with Crippen LogP contribution in [0.2, 0.25) is 0 Å². The predicted molar refractivity (Wildman–Crippen MR) is 65.6 cm³/mol. The third kappa shape index (κ3) is 0.910. The molecule has 2 heterocycles. The third-order valence-corrected chi connectivity index (χ3v) is 3.05. The lowest BCUT2D eigenvalue weighted by Gasteiger charge is -1.96. The fraction of sp³-hybridized carbons (Fsp3) is 0. The molecule has 0 amide bonds. The van der Waals surface area contributed by atoms with E-state index in [4.69, 9.17) is 4.42 Å². The van der Waals surface area contributed by atoms with Gasteiger partial charge in [0, 0.05) is 11.6 Å². The largest absolute Gasteiger partial charge is 0.454 e. The number of nitrogens with one attached hydrogen (secondary N) is 1. The molecule has 76 valence electrons. The standard InChI is InChI=1S/C14H9NO/c1-2-4-10-8-13-11(7-9(10)3-1)14-12(16-13)5-6-15-14/h1-8,15H. The molecular formula is C14H9NO. The van der Waals surface area contributed by atoms with Gasteiger partial charge in [-0.05, 0) is 29.0 Å². The third-order valence-electron chi connectivity index (χ3n) is 3.05. The zero-order valence-electron chi connectivity index (χ0n) is 8.53. The Labute approximate surface area is 91.5 Å². The Bertz CT molecular complexity index is 806. The van der Waals surface area contributed by atoms with Gasteiger partial charge in [0.15, 0.2) is 5.58 Å². The first-order valence-electron chi connectivity index (χ1n) is 5.30. The van der Waals surface area contributed by atoms with Crippen LogP contribution >= 0.6 is 0 Å². The molecular weight excluding hydrogens is 198 g/mol. The van der Waals surface area contributed by atoms with Crippen molar-refractivity contribution in [2.45, 2.75) is 0 Å². The Hall–Kier alpha value is -2.22. The second-order valence-corrected chi connectivity index (χ2v) is 4.01. The smallest absolute Gasteiger partial charge is 0.153 e. The van der Waals surface area contributed by atoms with E-state index in [2.05, 4.69) is 35.3 Å². The van der Waals surface area contributed by atoms with Gasteiger partial charge in [0.1, 0.15) is 5.58 Å². The van der Waals surface area contributed by atoms with Crippen LogP contribution in [-0.4, -0.2) is 4.98 Å². The number of aromatic amines is 1. The SMILES string of the molecule is c1ccc2cc3c(cc2c1)oc1cc[nH]c13. The van der Waals surface area contributed by atoms with Gasteiger partial charge in [-0.25, -0.2) is 0 Å². The lowest BCUT2D eigenvalue weighted by Crippen LogP contribution is -1.72. The van der Waals surface area contributed by atoms with E-state index in [1.165, 1.54) is 10.8 Å². The molecule has 0 fully saturated rings. The number of furan rings is 1. The predicted octanol–water partition coefficient (Wildman–Crippen LogP) is 4.07. The minimum absolute atomic E-state index is 0.922. The van der Waals surface area contributed by atoms with Crippen molar-refractivity contribution >= 4 is 32.8 Å². The van der Waals surface area contributed by atoms with Gasteiger partial charge < -0.3 is 9.40 Å². The van der Waals surface area contributed by atoms with E-state index >= 15 is 0 Å². The molecule has 0 unspecified atom stereocenters. The van der Waals surface area contributed by atoms with Gasteiger partial charge in [0.25, 0.3) is 0 Å². The normalized spacial score (nSPS) is 11.8. The van der Waals surface area contributed by atoms with E-state index in [9.17, 15) is 0 Å². The highest BCUT2D eigenvalue weighted by atomic mass is 16.3. The Morgan fingerprint density at radius 2 is 1.69 bits per heavy atom. The fourth-order valence-electron chi connectivity index (χ4n) is 2.27. The lowest BCUT2D eigenvalue weighted by molar-refractivity contribution is 0.670. The number of aromatic nitrogens is 1. The van der Waals surface area contributed by atoms with Gasteiger partial charge in [0.05, 0.1) is 5.52 Å². The Morgan fingerprint density at radius 1 is 0.875 bits per heavy atom. The van der Waals surface area contributed by atoms with Crippen molar-refractivity contribution in [2.75, 3.05) is 0 Å². The van der Waals surface area contributed by atoms with Crippen molar-refractivity contribution in [1.82, 2.24) is 4.98 Å². The van der Waals surface area contributed by atoms with Crippen molar-refractivity contribution in [3.05, 3.63) is 48.7 Å². The summed E-state index contributed by atoms with van der Waals surface area (Å²) in [7, 11) is 0. The molecule has 4 aromatic rings. The summed E-state index contributed by atoms with van der Waals surface area (Å²) in [6.45, 7) is 0. The lowest BCUT2D eigenvalue weighted by atomic mass is 10.1. The van der Waals surface area contributed by atoms with Crippen LogP contribution in [0.4, 0.5) is 0 Å². The van der Waals surface area contributed by atoms with Crippen LogP contribution in [0.15, 0.2) is 53.1 Å². The van der Waals surface area contributed by atoms with Crippen molar-refractivity contribution in [3.8, 4) is 0 Å². The molecule has 2 aromatic carbocycles. The maximum absolute atomic E-state index is 5.77. The van der Waals surface area contributed by atoms with E-state index in [-0.39, 0.29) is 0 Å². The first-order chi connectivity index (χ1) is 7.92. The van der Waals surface area contributed by atoms with E-state index < -0.39 is 0 Å². The summed E-state index contributed by atoms with van der Waals surface area (Å²) in [6.07, 6.45) is 1.91. The number of benzene rings is 2. The van der Waals surface area contributed by atoms with Gasteiger partial charge in [-0.3, -0.25) is 0 Å². The number of hydrogen-bond acceptors (Lipinski definition) is 1. The summed E-state index contributed by atoms with van der Waals surface area (Å²) in [5.74, 6) is 0. The highest BCUT2D eigenvalue weighted by Crippen LogP contribution is 2.30. The van der Waals surface area contributed by atoms with Crippen molar-refractivity contribution in [1.29, 1.82) is 0 Å². The summed E-state index contributed by atoms with van der Waals surface area (Å²) in [4.78, 5) is 3.21. The molecule has 16 heavy (non-hydrogen) atoms. The summed E-state index contributed by atoms with van der Waals surface area (Å²) in [6, 6.07) is 14.6. The average molecular weight is 207 g/mol. The summed E-state index contributed by atoms with van der Waals surface area (Å²) >= 11 is 0. The van der Waals surface area contributed by atoms with Crippen LogP contribution in [0, 0.1) is 0 Å². The monoisotopic (exact) mass is 207 g/mol. The zero-order chi connectivity index (χ0) is 10.5. The molecule has 0 spiro atoms. The highest BCUT2D eigenvalue weighted by Gasteiger charge is 2.08. The molecule has 0 saturated heterocycles. The van der Waals surface area contributed by atoms with Crippen LogP contribution in [0.25, 0.3) is 32.8 Å². The number of hydrogen-bond donors (Lipinski definition) is 1. The molecule has 0 atom stereocenters. The minimum Gasteiger partial charge on any atom is -0.454 e. The molecule has 0 aliphatic rings.